The third-order valence-electron chi connectivity index (χ3n) is 4.24. The van der Waals surface area contributed by atoms with Crippen LogP contribution in [0.2, 0.25) is 9.88 Å². The van der Waals surface area contributed by atoms with Gasteiger partial charge < -0.3 is 0 Å². The molecule has 1 aliphatic heterocycles. The van der Waals surface area contributed by atoms with Crippen LogP contribution in [-0.4, -0.2) is 45.6 Å². The van der Waals surface area contributed by atoms with Crippen LogP contribution in [0, 0.1) is 13.8 Å². The van der Waals surface area contributed by atoms with Crippen LogP contribution in [0.15, 0.2) is 17.4 Å². The number of aliphatic hydroxyl groups is 2. The quantitative estimate of drug-likeness (QED) is 0.662. The van der Waals surface area contributed by atoms with Crippen LogP contribution in [0.3, 0.4) is 0 Å². The average molecular weight is 464 g/mol. The van der Waals surface area contributed by atoms with Gasteiger partial charge in [-0.15, -0.1) is 0 Å². The summed E-state index contributed by atoms with van der Waals surface area (Å²) in [5, 5.41) is 19.3. The monoisotopic (exact) mass is 465 g/mol. The van der Waals surface area contributed by atoms with Crippen molar-refractivity contribution in [3.63, 3.8) is 0 Å². The third kappa shape index (κ3) is 3.69. The van der Waals surface area contributed by atoms with Gasteiger partial charge in [-0.2, -0.15) is 0 Å². The summed E-state index contributed by atoms with van der Waals surface area (Å²) in [6, 6.07) is 0. The average Bonchev–Trinajstić information content (AvgIpc) is 2.60. The molecule has 26 heavy (non-hydrogen) atoms. The van der Waals surface area contributed by atoms with Crippen molar-refractivity contribution in [3.05, 3.63) is 46.0 Å². The van der Waals surface area contributed by atoms with Gasteiger partial charge in [0, 0.05) is 0 Å². The van der Waals surface area contributed by atoms with Crippen molar-refractivity contribution in [2.24, 2.45) is 4.99 Å². The van der Waals surface area contributed by atoms with E-state index in [0.717, 1.165) is 22.5 Å². The van der Waals surface area contributed by atoms with Gasteiger partial charge in [-0.25, -0.2) is 0 Å². The van der Waals surface area contributed by atoms with E-state index in [1.165, 1.54) is 0 Å². The number of hydrogen-bond acceptors (Lipinski definition) is 7. The zero-order valence-electron chi connectivity index (χ0n) is 15.4. The van der Waals surface area contributed by atoms with Gasteiger partial charge in [0.25, 0.3) is 0 Å². The molecule has 3 heterocycles. The number of aliphatic hydroxyl groups excluding tert-OH is 2. The van der Waals surface area contributed by atoms with Gasteiger partial charge in [0.15, 0.2) is 0 Å². The van der Waals surface area contributed by atoms with E-state index in [-0.39, 0.29) is 13.2 Å². The van der Waals surface area contributed by atoms with Crippen LogP contribution in [0.1, 0.15) is 33.6 Å². The Kier molecular flexibility index (Phi) is 5.49. The number of hydrogen-bond donors (Lipinski definition) is 2. The summed E-state index contributed by atoms with van der Waals surface area (Å²) in [5.74, 6) is 1.27. The van der Waals surface area contributed by atoms with E-state index < -0.39 is 19.2 Å². The van der Waals surface area contributed by atoms with Crippen molar-refractivity contribution in [1.82, 2.24) is 9.97 Å². The standard InChI is InChI=1S/C16H19N3O4.2CH3.Sn/c1-9-15(22)13(11(7-20)3-18-9)5-17-6-14-12(8-21)4-19-10(2)16(14)23;;;/h3-5,20-23H,6-8H2,1-2H3;2*1H3;/q;;;+2/p-2. The topological polar surface area (TPSA) is 97.1 Å². The first-order chi connectivity index (χ1) is 12.4. The predicted molar refractivity (Wildman–Crippen MR) is 99.8 cm³/mol. The molecule has 138 valence electrons. The number of pyridine rings is 2. The number of fused-ring (bicyclic) bond motifs is 2. The molecular weight excluding hydrogens is 441 g/mol. The molecule has 3 rings (SSSR count). The Morgan fingerprint density at radius 3 is 2.19 bits per heavy atom. The van der Waals surface area contributed by atoms with Gasteiger partial charge in [-0.05, 0) is 0 Å². The summed E-state index contributed by atoms with van der Waals surface area (Å²) in [5.41, 5.74) is 4.39. The fourth-order valence-corrected chi connectivity index (χ4v) is 7.33. The molecule has 0 fully saturated rings. The number of nitrogens with zero attached hydrogens (tertiary/aromatic N) is 3. The molecule has 0 bridgehead atoms. The van der Waals surface area contributed by atoms with E-state index in [2.05, 4.69) is 15.0 Å². The fourth-order valence-electron chi connectivity index (χ4n) is 2.90. The fraction of sp³-hybridized carbons (Fsp3) is 0.389. The van der Waals surface area contributed by atoms with Gasteiger partial charge in [0.1, 0.15) is 0 Å². The second kappa shape index (κ2) is 7.50. The number of aryl methyl sites for hydroxylation is 2. The number of aromatic nitrogens is 2. The van der Waals surface area contributed by atoms with Gasteiger partial charge in [-0.3, -0.25) is 0 Å². The molecule has 0 atom stereocenters. The van der Waals surface area contributed by atoms with Gasteiger partial charge >= 0.3 is 158 Å². The summed E-state index contributed by atoms with van der Waals surface area (Å²) < 4.78 is 12.7. The van der Waals surface area contributed by atoms with Crippen molar-refractivity contribution in [2.75, 3.05) is 0 Å². The zero-order valence-corrected chi connectivity index (χ0v) is 18.3. The summed E-state index contributed by atoms with van der Waals surface area (Å²) in [6.07, 6.45) is 5.01. The van der Waals surface area contributed by atoms with E-state index >= 15 is 0 Å². The van der Waals surface area contributed by atoms with Crippen molar-refractivity contribution in [2.45, 2.75) is 43.5 Å². The Morgan fingerprint density at radius 1 is 0.962 bits per heavy atom. The molecule has 2 aromatic rings. The van der Waals surface area contributed by atoms with Crippen LogP contribution in [-0.2, 0) is 19.8 Å². The molecular formula is C18H23N3O4Sn. The molecule has 2 aromatic heterocycles. The van der Waals surface area contributed by atoms with Gasteiger partial charge in [0.05, 0.1) is 0 Å². The molecule has 0 unspecified atom stereocenters. The summed E-state index contributed by atoms with van der Waals surface area (Å²) in [6.45, 7) is 3.81. The Hall–Kier alpha value is -1.71. The molecule has 8 heteroatoms. The third-order valence-corrected chi connectivity index (χ3v) is 8.21. The van der Waals surface area contributed by atoms with Gasteiger partial charge in [0.2, 0.25) is 0 Å². The molecule has 0 saturated heterocycles. The minimum absolute atomic E-state index is 0.132. The minimum atomic E-state index is -3.51. The first kappa shape index (κ1) is 19.1. The Balaban J connectivity index is 2.20. The Labute approximate surface area is 157 Å². The van der Waals surface area contributed by atoms with Crippen molar-refractivity contribution in [3.8, 4) is 11.5 Å². The predicted octanol–water partition coefficient (Wildman–Crippen LogP) is 2.17. The summed E-state index contributed by atoms with van der Waals surface area (Å²) in [4.78, 5) is 17.2. The first-order valence-electron chi connectivity index (χ1n) is 8.41. The number of rotatable bonds is 2. The molecule has 1 aliphatic rings. The normalized spacial score (nSPS) is 15.5. The van der Waals surface area contributed by atoms with E-state index in [4.69, 9.17) is 6.15 Å². The Bertz CT molecular complexity index is 868. The van der Waals surface area contributed by atoms with E-state index in [1.54, 1.807) is 18.6 Å². The maximum absolute atomic E-state index is 9.68. The summed E-state index contributed by atoms with van der Waals surface area (Å²) in [7, 11) is 0. The second-order valence-electron chi connectivity index (χ2n) is 6.68. The van der Waals surface area contributed by atoms with E-state index in [1.807, 2.05) is 23.7 Å². The first-order valence-corrected chi connectivity index (χ1v) is 16.5. The molecule has 0 spiro atoms. The zero-order chi connectivity index (χ0) is 18.9. The van der Waals surface area contributed by atoms with E-state index in [0.29, 0.717) is 29.2 Å². The summed E-state index contributed by atoms with van der Waals surface area (Å²) >= 11 is -3.51. The van der Waals surface area contributed by atoms with Crippen LogP contribution in [0.4, 0.5) is 0 Å². The van der Waals surface area contributed by atoms with Gasteiger partial charge in [-0.1, -0.05) is 0 Å². The van der Waals surface area contributed by atoms with E-state index in [9.17, 15) is 10.2 Å². The molecule has 0 aromatic carbocycles. The van der Waals surface area contributed by atoms with Crippen LogP contribution < -0.4 is 6.15 Å². The molecule has 0 amide bonds. The number of aliphatic imine (C=N–C) groups is 1. The molecule has 0 radical (unpaired) electrons. The molecule has 7 nitrogen and oxygen atoms in total. The molecule has 0 saturated carbocycles. The van der Waals surface area contributed by atoms with Crippen molar-refractivity contribution in [1.29, 1.82) is 0 Å². The maximum atomic E-state index is 9.68. The van der Waals surface area contributed by atoms with Crippen LogP contribution >= 0.6 is 0 Å². The SMILES string of the molecule is Cc1ncc(CO)c2c1[O][Sn]([CH3])([CH3])[O]c1c(C)ncc(CO)c1CN=C2. The second-order valence-corrected chi connectivity index (χ2v) is 15.8. The molecule has 2 N–H and O–H groups in total. The van der Waals surface area contributed by atoms with Crippen molar-refractivity contribution >= 4 is 25.4 Å². The van der Waals surface area contributed by atoms with Crippen molar-refractivity contribution < 1.29 is 16.4 Å². The van der Waals surface area contributed by atoms with Crippen LogP contribution in [0.5, 0.6) is 11.5 Å². The van der Waals surface area contributed by atoms with Crippen LogP contribution in [0.25, 0.3) is 0 Å². The molecule has 0 aliphatic carbocycles. The Morgan fingerprint density at radius 2 is 1.54 bits per heavy atom.